The maximum Gasteiger partial charge on any atom is 0.413 e. The van der Waals surface area contributed by atoms with E-state index in [-0.39, 0.29) is 24.5 Å². The fourth-order valence-corrected chi connectivity index (χ4v) is 4.88. The number of nitrogens with zero attached hydrogens (tertiary/aromatic N) is 4. The molecule has 1 amide bonds. The maximum absolute atomic E-state index is 13.0. The Bertz CT molecular complexity index is 1410. The third-order valence-electron chi connectivity index (χ3n) is 4.72. The monoisotopic (exact) mass is 516 g/mol. The first-order valence-electron chi connectivity index (χ1n) is 10.4. The number of nitrogens with one attached hydrogen (secondary N) is 2. The molecule has 0 aliphatic heterocycles. The van der Waals surface area contributed by atoms with E-state index in [4.69, 9.17) is 4.74 Å². The predicted octanol–water partition coefficient (Wildman–Crippen LogP) is 3.12. The van der Waals surface area contributed by atoms with Crippen molar-refractivity contribution in [3.8, 4) is 15.8 Å². The zero-order valence-corrected chi connectivity index (χ0v) is 20.1. The molecule has 10 nitrogen and oxygen atoms in total. The summed E-state index contributed by atoms with van der Waals surface area (Å²) in [5.74, 6) is -0.510. The molecule has 4 aromatic rings. The number of ether oxygens (including phenoxy) is 1. The lowest BCUT2D eigenvalue weighted by molar-refractivity contribution is 0.201. The molecule has 0 aliphatic rings. The van der Waals surface area contributed by atoms with Gasteiger partial charge in [-0.15, -0.1) is 0 Å². The number of sulfonamides is 1. The van der Waals surface area contributed by atoms with Gasteiger partial charge in [0.25, 0.3) is 0 Å². The number of halogens is 1. The lowest BCUT2D eigenvalue weighted by Gasteiger charge is -2.06. The summed E-state index contributed by atoms with van der Waals surface area (Å²) in [7, 11) is -3.75. The molecule has 0 fully saturated rings. The van der Waals surface area contributed by atoms with Crippen molar-refractivity contribution in [3.63, 3.8) is 0 Å². The first-order valence-corrected chi connectivity index (χ1v) is 12.7. The number of pyridine rings is 1. The van der Waals surface area contributed by atoms with E-state index in [9.17, 15) is 17.6 Å². The summed E-state index contributed by atoms with van der Waals surface area (Å²) in [6.45, 7) is 2.37. The molecule has 0 aliphatic carbocycles. The van der Waals surface area contributed by atoms with Gasteiger partial charge in [-0.1, -0.05) is 17.4 Å². The molecule has 0 saturated heterocycles. The smallest absolute Gasteiger partial charge is 0.397 e. The quantitative estimate of drug-likeness (QED) is 0.350. The van der Waals surface area contributed by atoms with Crippen LogP contribution < -0.4 is 14.8 Å². The van der Waals surface area contributed by atoms with Gasteiger partial charge in [-0.3, -0.25) is 9.67 Å². The summed E-state index contributed by atoms with van der Waals surface area (Å²) >= 11 is 1.18. The SMILES string of the molecule is Cc1nc(-c2ccn(CCNS(=O)(=O)c3ccc(F)cc3)n2)sc1OC(=O)NCc1cccnc1. The molecule has 4 rings (SSSR count). The fraction of sp³-hybridized carbons (Fsp3) is 0.182. The summed E-state index contributed by atoms with van der Waals surface area (Å²) < 4.78 is 47.0. The molecule has 0 saturated carbocycles. The Balaban J connectivity index is 1.31. The van der Waals surface area contributed by atoms with Crippen LogP contribution >= 0.6 is 11.3 Å². The number of benzene rings is 1. The lowest BCUT2D eigenvalue weighted by Crippen LogP contribution is -2.27. The summed E-state index contributed by atoms with van der Waals surface area (Å²) in [4.78, 5) is 20.5. The van der Waals surface area contributed by atoms with Gasteiger partial charge in [-0.05, 0) is 48.9 Å². The Kier molecular flexibility index (Phi) is 7.48. The van der Waals surface area contributed by atoms with Crippen LogP contribution in [0.1, 0.15) is 11.3 Å². The number of rotatable bonds is 9. The standard InChI is InChI=1S/C22H21FN6O4S2/c1-15-21(33-22(30)25-14-16-3-2-9-24-13-16)34-20(27-15)19-8-11-29(28-19)12-10-26-35(31,32)18-6-4-17(23)5-7-18/h2-9,11,13,26H,10,12,14H2,1H3,(H,25,30). The summed E-state index contributed by atoms with van der Waals surface area (Å²) in [6.07, 6.45) is 4.39. The normalized spacial score (nSPS) is 11.4. The second-order valence-corrected chi connectivity index (χ2v) is 10.0. The number of thiazole rings is 1. The first kappa shape index (κ1) is 24.4. The van der Waals surface area contributed by atoms with Gasteiger partial charge in [-0.2, -0.15) is 5.10 Å². The third kappa shape index (κ3) is 6.47. The zero-order valence-electron chi connectivity index (χ0n) is 18.5. The van der Waals surface area contributed by atoms with Crippen LogP contribution in [0.5, 0.6) is 5.06 Å². The van der Waals surface area contributed by atoms with Crippen molar-refractivity contribution in [1.29, 1.82) is 0 Å². The van der Waals surface area contributed by atoms with Crippen molar-refractivity contribution in [2.75, 3.05) is 6.54 Å². The molecule has 3 aromatic heterocycles. The van der Waals surface area contributed by atoms with E-state index in [2.05, 4.69) is 25.1 Å². The average Bonchev–Trinajstić information content (AvgIpc) is 3.45. The minimum absolute atomic E-state index is 0.0182. The van der Waals surface area contributed by atoms with Crippen LogP contribution in [-0.2, 0) is 23.1 Å². The number of carbonyl (C=O) groups excluding carboxylic acids is 1. The molecule has 0 unspecified atom stereocenters. The predicted molar refractivity (Wildman–Crippen MR) is 127 cm³/mol. The highest BCUT2D eigenvalue weighted by atomic mass is 32.2. The number of aromatic nitrogens is 4. The summed E-state index contributed by atoms with van der Waals surface area (Å²) in [5, 5.41) is 7.98. The van der Waals surface area contributed by atoms with E-state index in [1.165, 1.54) is 23.5 Å². The average molecular weight is 517 g/mol. The van der Waals surface area contributed by atoms with Gasteiger partial charge in [0.05, 0.1) is 17.1 Å². The van der Waals surface area contributed by atoms with Gasteiger partial charge in [0, 0.05) is 31.7 Å². The molecule has 35 heavy (non-hydrogen) atoms. The van der Waals surface area contributed by atoms with Gasteiger partial charge in [0.15, 0.2) is 0 Å². The van der Waals surface area contributed by atoms with E-state index < -0.39 is 21.9 Å². The lowest BCUT2D eigenvalue weighted by atomic mass is 10.3. The van der Waals surface area contributed by atoms with Crippen LogP contribution in [0.25, 0.3) is 10.7 Å². The number of hydrogen-bond acceptors (Lipinski definition) is 8. The molecule has 0 bridgehead atoms. The molecular formula is C22H21FN6O4S2. The van der Waals surface area contributed by atoms with Gasteiger partial charge in [0.1, 0.15) is 16.5 Å². The van der Waals surface area contributed by atoms with Crippen molar-refractivity contribution in [1.82, 2.24) is 29.8 Å². The minimum Gasteiger partial charge on any atom is -0.397 e. The second kappa shape index (κ2) is 10.7. The van der Waals surface area contributed by atoms with Crippen molar-refractivity contribution in [2.45, 2.75) is 24.9 Å². The largest absolute Gasteiger partial charge is 0.413 e. The van der Waals surface area contributed by atoms with Gasteiger partial charge in [0.2, 0.25) is 15.1 Å². The van der Waals surface area contributed by atoms with Crippen LogP contribution in [0.2, 0.25) is 0 Å². The molecule has 13 heteroatoms. The van der Waals surface area contributed by atoms with Gasteiger partial charge in [-0.25, -0.2) is 27.3 Å². The maximum atomic E-state index is 13.0. The molecule has 2 N–H and O–H groups in total. The Morgan fingerprint density at radius 1 is 1.20 bits per heavy atom. The highest BCUT2D eigenvalue weighted by molar-refractivity contribution is 7.89. The Morgan fingerprint density at radius 3 is 2.74 bits per heavy atom. The molecule has 182 valence electrons. The van der Waals surface area contributed by atoms with E-state index in [1.807, 2.05) is 6.07 Å². The van der Waals surface area contributed by atoms with E-state index >= 15 is 0 Å². The van der Waals surface area contributed by atoms with Crippen LogP contribution in [0.3, 0.4) is 0 Å². The Labute approximate surface area is 204 Å². The molecule has 3 heterocycles. The number of carbonyl (C=O) groups is 1. The van der Waals surface area contributed by atoms with E-state index in [0.29, 0.717) is 21.5 Å². The van der Waals surface area contributed by atoms with Crippen LogP contribution in [0.15, 0.2) is 66.0 Å². The van der Waals surface area contributed by atoms with Crippen molar-refractivity contribution >= 4 is 27.5 Å². The summed E-state index contributed by atoms with van der Waals surface area (Å²) in [5.41, 5.74) is 1.95. The number of amides is 1. The van der Waals surface area contributed by atoms with Crippen molar-refractivity contribution < 1.29 is 22.3 Å². The molecular weight excluding hydrogens is 495 g/mol. The van der Waals surface area contributed by atoms with Crippen molar-refractivity contribution in [3.05, 3.63) is 78.1 Å². The van der Waals surface area contributed by atoms with Crippen molar-refractivity contribution in [2.24, 2.45) is 0 Å². The Morgan fingerprint density at radius 2 is 2.00 bits per heavy atom. The fourth-order valence-electron chi connectivity index (χ4n) is 2.98. The van der Waals surface area contributed by atoms with E-state index in [1.54, 1.807) is 42.3 Å². The van der Waals surface area contributed by atoms with E-state index in [0.717, 1.165) is 17.7 Å². The topological polar surface area (TPSA) is 128 Å². The zero-order chi connectivity index (χ0) is 24.8. The molecule has 0 atom stereocenters. The van der Waals surface area contributed by atoms with Crippen LogP contribution in [0.4, 0.5) is 9.18 Å². The molecule has 0 spiro atoms. The van der Waals surface area contributed by atoms with Gasteiger partial charge >= 0.3 is 6.09 Å². The van der Waals surface area contributed by atoms with Crippen LogP contribution in [0, 0.1) is 12.7 Å². The van der Waals surface area contributed by atoms with Crippen LogP contribution in [-0.4, -0.2) is 40.8 Å². The summed E-state index contributed by atoms with van der Waals surface area (Å²) in [6, 6.07) is 9.94. The minimum atomic E-state index is -3.75. The highest BCUT2D eigenvalue weighted by Crippen LogP contribution is 2.32. The number of aryl methyl sites for hydroxylation is 1. The first-order chi connectivity index (χ1) is 16.8. The second-order valence-electron chi connectivity index (χ2n) is 7.31. The third-order valence-corrected chi connectivity index (χ3v) is 7.25. The van der Waals surface area contributed by atoms with Gasteiger partial charge < -0.3 is 10.1 Å². The highest BCUT2D eigenvalue weighted by Gasteiger charge is 2.17. The Hall–Kier alpha value is -3.68. The number of hydrogen-bond donors (Lipinski definition) is 2. The molecule has 1 aromatic carbocycles. The molecule has 0 radical (unpaired) electrons.